The average molecular weight is 150 g/mol. The summed E-state index contributed by atoms with van der Waals surface area (Å²) in [5, 5.41) is 0.209. The first-order valence-corrected chi connectivity index (χ1v) is 3.02. The van der Waals surface area contributed by atoms with Gasteiger partial charge in [-0.1, -0.05) is 18.1 Å². The van der Waals surface area contributed by atoms with Gasteiger partial charge in [-0.05, 0) is 12.1 Å². The smallest absolute Gasteiger partial charge is 0.336 e. The quantitative estimate of drug-likeness (QED) is 0.536. The Hall–Kier alpha value is -1.57. The number of rotatable bonds is 0. The molecule has 0 fully saturated rings. The van der Waals surface area contributed by atoms with Crippen LogP contribution in [0.1, 0.15) is 5.48 Å². The van der Waals surface area contributed by atoms with Crippen molar-refractivity contribution in [3.05, 3.63) is 46.7 Å². The minimum Gasteiger partial charge on any atom is -0.423 e. The summed E-state index contributed by atoms with van der Waals surface area (Å²) < 4.78 is 34.6. The van der Waals surface area contributed by atoms with Gasteiger partial charge in [-0.3, -0.25) is 0 Å². The standard InChI is InChI=1S/C9H6O2/c10-9-6-5-7-3-1-2-4-8(7)11-9/h1-6H/i1D,2D,3D,4D. The third-order valence-corrected chi connectivity index (χ3v) is 1.27. The highest BCUT2D eigenvalue weighted by atomic mass is 16.4. The Labute approximate surface area is 68.7 Å². The van der Waals surface area contributed by atoms with Crippen LogP contribution in [-0.2, 0) is 0 Å². The fraction of sp³-hybridized carbons (Fsp3) is 0. The summed E-state index contributed by atoms with van der Waals surface area (Å²) in [6.07, 6.45) is 0. The Balaban J connectivity index is 3.07. The summed E-state index contributed by atoms with van der Waals surface area (Å²) in [5.41, 5.74) is -0.735. The van der Waals surface area contributed by atoms with E-state index in [1.54, 1.807) is 0 Å². The van der Waals surface area contributed by atoms with Crippen molar-refractivity contribution in [1.82, 2.24) is 0 Å². The van der Waals surface area contributed by atoms with Gasteiger partial charge in [-0.2, -0.15) is 0 Å². The predicted octanol–water partition coefficient (Wildman–Crippen LogP) is 1.79. The van der Waals surface area contributed by atoms with Crippen LogP contribution in [0.5, 0.6) is 0 Å². The van der Waals surface area contributed by atoms with Crippen LogP contribution in [0.15, 0.2) is 45.5 Å². The van der Waals surface area contributed by atoms with Crippen molar-refractivity contribution in [1.29, 1.82) is 0 Å². The van der Waals surface area contributed by atoms with E-state index in [1.807, 2.05) is 0 Å². The Bertz CT molecular complexity index is 603. The summed E-state index contributed by atoms with van der Waals surface area (Å²) in [6.45, 7) is 0. The van der Waals surface area contributed by atoms with Crippen molar-refractivity contribution in [2.45, 2.75) is 0 Å². The molecule has 1 aromatic carbocycles. The normalized spacial score (nSPS) is 15.3. The van der Waals surface area contributed by atoms with Crippen LogP contribution in [0.2, 0.25) is 0 Å². The lowest BCUT2D eigenvalue weighted by Crippen LogP contribution is -1.93. The van der Waals surface area contributed by atoms with Gasteiger partial charge in [0.2, 0.25) is 0 Å². The van der Waals surface area contributed by atoms with Crippen molar-refractivity contribution < 1.29 is 9.90 Å². The maximum atomic E-state index is 10.9. The van der Waals surface area contributed by atoms with E-state index in [1.165, 1.54) is 6.07 Å². The summed E-state index contributed by atoms with van der Waals surface area (Å²) in [7, 11) is 0. The topological polar surface area (TPSA) is 30.2 Å². The van der Waals surface area contributed by atoms with E-state index in [4.69, 9.17) is 9.90 Å². The molecule has 0 aliphatic carbocycles. The van der Waals surface area contributed by atoms with E-state index in [9.17, 15) is 4.79 Å². The van der Waals surface area contributed by atoms with Crippen LogP contribution >= 0.6 is 0 Å². The van der Waals surface area contributed by atoms with E-state index >= 15 is 0 Å². The van der Waals surface area contributed by atoms with Crippen molar-refractivity contribution >= 4 is 11.0 Å². The highest BCUT2D eigenvalue weighted by molar-refractivity contribution is 5.75. The zero-order valence-corrected chi connectivity index (χ0v) is 5.47. The maximum Gasteiger partial charge on any atom is 0.336 e. The van der Waals surface area contributed by atoms with Crippen molar-refractivity contribution in [3.8, 4) is 0 Å². The molecular weight excluding hydrogens is 140 g/mol. The maximum absolute atomic E-state index is 10.9. The summed E-state index contributed by atoms with van der Waals surface area (Å²) >= 11 is 0. The second-order valence-corrected chi connectivity index (χ2v) is 2.00. The Morgan fingerprint density at radius 1 is 1.27 bits per heavy atom. The van der Waals surface area contributed by atoms with Gasteiger partial charge in [-0.25, -0.2) is 4.79 Å². The minimum absolute atomic E-state index is 0.103. The molecule has 0 N–H and O–H groups in total. The first-order valence-electron chi connectivity index (χ1n) is 5.02. The third kappa shape index (κ3) is 1.03. The molecule has 0 aliphatic heterocycles. The molecule has 0 unspecified atom stereocenters. The second-order valence-electron chi connectivity index (χ2n) is 2.00. The van der Waals surface area contributed by atoms with Gasteiger partial charge in [0, 0.05) is 11.5 Å². The lowest BCUT2D eigenvalue weighted by atomic mass is 10.2. The molecule has 1 heterocycles. The predicted molar refractivity (Wildman–Crippen MR) is 42.5 cm³/mol. The number of benzene rings is 1. The molecular formula is C9H6O2. The number of para-hydroxylation sites is 1. The minimum atomic E-state index is -0.632. The van der Waals surface area contributed by atoms with Gasteiger partial charge < -0.3 is 4.42 Å². The lowest BCUT2D eigenvalue weighted by molar-refractivity contribution is 0.561. The number of fused-ring (bicyclic) bond motifs is 1. The van der Waals surface area contributed by atoms with Crippen LogP contribution in [0.3, 0.4) is 0 Å². The molecule has 2 nitrogen and oxygen atoms in total. The molecule has 0 amide bonds. The number of hydrogen-bond acceptors (Lipinski definition) is 2. The van der Waals surface area contributed by atoms with Gasteiger partial charge >= 0.3 is 5.63 Å². The Kier molecular flexibility index (Phi) is 0.654. The largest absolute Gasteiger partial charge is 0.423 e. The lowest BCUT2D eigenvalue weighted by Gasteiger charge is -1.91. The zero-order valence-electron chi connectivity index (χ0n) is 9.47. The highest BCUT2D eigenvalue weighted by Gasteiger charge is 1.92. The van der Waals surface area contributed by atoms with Crippen molar-refractivity contribution in [2.24, 2.45) is 0 Å². The third-order valence-electron chi connectivity index (χ3n) is 1.27. The SMILES string of the molecule is [2H]c1c([2H])c([2H])c2oc(=O)ccc2c1[2H]. The van der Waals surface area contributed by atoms with E-state index < -0.39 is 11.7 Å². The van der Waals surface area contributed by atoms with Crippen molar-refractivity contribution in [2.75, 3.05) is 0 Å². The van der Waals surface area contributed by atoms with Crippen LogP contribution in [-0.4, -0.2) is 0 Å². The molecule has 54 valence electrons. The summed E-state index contributed by atoms with van der Waals surface area (Å²) in [6, 6.07) is 1.20. The van der Waals surface area contributed by atoms with Crippen LogP contribution in [0.25, 0.3) is 11.0 Å². The molecule has 0 radical (unpaired) electrons. The highest BCUT2D eigenvalue weighted by Crippen LogP contribution is 2.08. The number of hydrogen-bond donors (Lipinski definition) is 0. The monoisotopic (exact) mass is 150 g/mol. The Morgan fingerprint density at radius 2 is 2.09 bits per heavy atom. The average Bonchev–Trinajstić information content (AvgIpc) is 2.23. The van der Waals surface area contributed by atoms with E-state index in [-0.39, 0.29) is 29.1 Å². The molecule has 11 heavy (non-hydrogen) atoms. The van der Waals surface area contributed by atoms with E-state index in [2.05, 4.69) is 0 Å². The van der Waals surface area contributed by atoms with E-state index in [0.29, 0.717) is 0 Å². The molecule has 2 rings (SSSR count). The second kappa shape index (κ2) is 2.23. The first kappa shape index (κ1) is 3.22. The molecule has 0 bridgehead atoms. The van der Waals surface area contributed by atoms with Crippen molar-refractivity contribution in [3.63, 3.8) is 0 Å². The molecule has 0 aliphatic rings. The summed E-state index contributed by atoms with van der Waals surface area (Å²) in [5.74, 6) is 0. The van der Waals surface area contributed by atoms with Crippen LogP contribution in [0.4, 0.5) is 0 Å². The zero-order chi connectivity index (χ0) is 11.2. The molecule has 0 saturated heterocycles. The van der Waals surface area contributed by atoms with Gasteiger partial charge in [0.15, 0.2) is 0 Å². The van der Waals surface area contributed by atoms with Gasteiger partial charge in [0.1, 0.15) is 5.58 Å². The van der Waals surface area contributed by atoms with Gasteiger partial charge in [0.05, 0.1) is 5.48 Å². The molecule has 2 heteroatoms. The summed E-state index contributed by atoms with van der Waals surface area (Å²) in [4.78, 5) is 10.9. The van der Waals surface area contributed by atoms with Crippen LogP contribution < -0.4 is 5.63 Å². The van der Waals surface area contributed by atoms with Gasteiger partial charge in [-0.15, -0.1) is 0 Å². The molecule has 1 aromatic heterocycles. The first-order chi connectivity index (χ1) is 7.02. The van der Waals surface area contributed by atoms with Crippen LogP contribution in [0, 0.1) is 0 Å². The molecule has 0 saturated carbocycles. The Morgan fingerprint density at radius 3 is 3.00 bits per heavy atom. The van der Waals surface area contributed by atoms with E-state index in [0.717, 1.165) is 6.07 Å². The molecule has 0 atom stereocenters. The van der Waals surface area contributed by atoms with Gasteiger partial charge in [0.25, 0.3) is 0 Å². The molecule has 0 spiro atoms. The molecule has 2 aromatic rings. The fourth-order valence-electron chi connectivity index (χ4n) is 0.795. The fourth-order valence-corrected chi connectivity index (χ4v) is 0.795.